The summed E-state index contributed by atoms with van der Waals surface area (Å²) in [5, 5.41) is 10.9. The maximum atomic E-state index is 12.3. The van der Waals surface area contributed by atoms with Gasteiger partial charge in [-0.3, -0.25) is 9.89 Å². The molecule has 6 heteroatoms. The smallest absolute Gasteiger partial charge is 0.228 e. The lowest BCUT2D eigenvalue weighted by atomic mass is 9.96. The third-order valence-corrected chi connectivity index (χ3v) is 3.92. The second kappa shape index (κ2) is 5.13. The number of aromatic nitrogens is 2. The lowest BCUT2D eigenvalue weighted by molar-refractivity contribution is -0.121. The molecule has 0 saturated carbocycles. The minimum Gasteiger partial charge on any atom is -0.399 e. The van der Waals surface area contributed by atoms with E-state index in [2.05, 4.69) is 27.5 Å². The van der Waals surface area contributed by atoms with Crippen molar-refractivity contribution in [2.45, 2.75) is 12.8 Å². The van der Waals surface area contributed by atoms with Crippen molar-refractivity contribution in [1.29, 1.82) is 0 Å². The minimum absolute atomic E-state index is 0.0586. The van der Waals surface area contributed by atoms with Gasteiger partial charge >= 0.3 is 0 Å². The maximum absolute atomic E-state index is 12.3. The van der Waals surface area contributed by atoms with Crippen molar-refractivity contribution in [3.8, 4) is 0 Å². The minimum atomic E-state index is 0.0586. The van der Waals surface area contributed by atoms with Crippen molar-refractivity contribution in [1.82, 2.24) is 15.1 Å². The second-order valence-electron chi connectivity index (χ2n) is 5.44. The highest BCUT2D eigenvalue weighted by atomic mass is 16.2. The number of hydrogen-bond donors (Lipinski definition) is 3. The molecule has 2 aromatic rings. The van der Waals surface area contributed by atoms with Gasteiger partial charge in [0.2, 0.25) is 5.91 Å². The summed E-state index contributed by atoms with van der Waals surface area (Å²) in [5.74, 6) is 0.721. The predicted molar refractivity (Wildman–Crippen MR) is 79.4 cm³/mol. The van der Waals surface area contributed by atoms with Gasteiger partial charge in [0.05, 0.1) is 5.52 Å². The van der Waals surface area contributed by atoms with Crippen LogP contribution >= 0.6 is 0 Å². The highest BCUT2D eigenvalue weighted by molar-refractivity contribution is 6.01. The second-order valence-corrected chi connectivity index (χ2v) is 5.44. The molecule has 3 rings (SSSR count). The molecule has 1 aromatic heterocycles. The SMILES string of the molecule is CN1CCC(C(=O)Nc2n[nH]c3cc(N)ccc23)CC1. The molecule has 0 spiro atoms. The predicted octanol–water partition coefficient (Wildman–Crippen LogP) is 1.43. The molecule has 106 valence electrons. The Kier molecular flexibility index (Phi) is 3.31. The quantitative estimate of drug-likeness (QED) is 0.722. The summed E-state index contributed by atoms with van der Waals surface area (Å²) in [5.41, 5.74) is 7.24. The van der Waals surface area contributed by atoms with E-state index in [0.717, 1.165) is 36.8 Å². The Hall–Kier alpha value is -2.08. The fourth-order valence-corrected chi connectivity index (χ4v) is 2.62. The summed E-state index contributed by atoms with van der Waals surface area (Å²) in [6.07, 6.45) is 1.80. The molecule has 1 aliphatic heterocycles. The molecule has 1 amide bonds. The highest BCUT2D eigenvalue weighted by Crippen LogP contribution is 2.24. The van der Waals surface area contributed by atoms with E-state index in [1.54, 1.807) is 0 Å². The summed E-state index contributed by atoms with van der Waals surface area (Å²) in [7, 11) is 2.08. The molecular weight excluding hydrogens is 254 g/mol. The number of amides is 1. The van der Waals surface area contributed by atoms with Crippen molar-refractivity contribution >= 4 is 28.3 Å². The molecule has 0 unspecified atom stereocenters. The Labute approximate surface area is 117 Å². The van der Waals surface area contributed by atoms with E-state index in [-0.39, 0.29) is 11.8 Å². The van der Waals surface area contributed by atoms with Crippen LogP contribution in [-0.2, 0) is 4.79 Å². The van der Waals surface area contributed by atoms with Crippen LogP contribution in [0.2, 0.25) is 0 Å². The first-order chi connectivity index (χ1) is 9.63. The lowest BCUT2D eigenvalue weighted by Gasteiger charge is -2.27. The zero-order valence-electron chi connectivity index (χ0n) is 11.5. The van der Waals surface area contributed by atoms with Gasteiger partial charge in [-0.2, -0.15) is 5.10 Å². The standard InChI is InChI=1S/C14H19N5O/c1-19-6-4-9(5-7-19)14(20)16-13-11-3-2-10(15)8-12(11)17-18-13/h2-3,8-9H,4-7,15H2,1H3,(H2,16,17,18,20). The van der Waals surface area contributed by atoms with Gasteiger partial charge < -0.3 is 16.0 Å². The van der Waals surface area contributed by atoms with Gasteiger partial charge in [0, 0.05) is 17.0 Å². The number of nitrogen functional groups attached to an aromatic ring is 1. The number of anilines is 2. The molecule has 1 saturated heterocycles. The molecule has 4 N–H and O–H groups in total. The average Bonchev–Trinajstić information content (AvgIpc) is 2.81. The molecule has 0 atom stereocenters. The number of H-pyrrole nitrogens is 1. The summed E-state index contributed by atoms with van der Waals surface area (Å²) < 4.78 is 0. The van der Waals surface area contributed by atoms with Gasteiger partial charge in [0.1, 0.15) is 0 Å². The molecule has 1 aromatic carbocycles. The Balaban J connectivity index is 1.74. The molecular formula is C14H19N5O. The van der Waals surface area contributed by atoms with Crippen LogP contribution in [0.5, 0.6) is 0 Å². The Morgan fingerprint density at radius 2 is 2.20 bits per heavy atom. The Morgan fingerprint density at radius 3 is 2.95 bits per heavy atom. The zero-order chi connectivity index (χ0) is 14.1. The van der Waals surface area contributed by atoms with Crippen molar-refractivity contribution in [2.24, 2.45) is 5.92 Å². The number of nitrogens with two attached hydrogens (primary N) is 1. The monoisotopic (exact) mass is 273 g/mol. The number of piperidine rings is 1. The number of carbonyl (C=O) groups excluding carboxylic acids is 1. The fraction of sp³-hybridized carbons (Fsp3) is 0.429. The van der Waals surface area contributed by atoms with Gasteiger partial charge in [-0.15, -0.1) is 0 Å². The zero-order valence-corrected chi connectivity index (χ0v) is 11.5. The van der Waals surface area contributed by atoms with Crippen LogP contribution in [0, 0.1) is 5.92 Å². The van der Waals surface area contributed by atoms with Crippen molar-refractivity contribution < 1.29 is 4.79 Å². The number of nitrogens with zero attached hydrogens (tertiary/aromatic N) is 2. The van der Waals surface area contributed by atoms with Crippen LogP contribution in [0.1, 0.15) is 12.8 Å². The third kappa shape index (κ3) is 2.46. The van der Waals surface area contributed by atoms with E-state index in [1.165, 1.54) is 0 Å². The first kappa shape index (κ1) is 12.9. The van der Waals surface area contributed by atoms with Crippen LogP contribution in [-0.4, -0.2) is 41.1 Å². The number of carbonyl (C=O) groups is 1. The van der Waals surface area contributed by atoms with Gasteiger partial charge in [0.15, 0.2) is 5.82 Å². The van der Waals surface area contributed by atoms with Crippen LogP contribution < -0.4 is 11.1 Å². The van der Waals surface area contributed by atoms with Gasteiger partial charge in [-0.05, 0) is 51.2 Å². The van der Waals surface area contributed by atoms with E-state index in [1.807, 2.05) is 18.2 Å². The summed E-state index contributed by atoms with van der Waals surface area (Å²) >= 11 is 0. The van der Waals surface area contributed by atoms with E-state index in [9.17, 15) is 4.79 Å². The molecule has 1 aliphatic rings. The van der Waals surface area contributed by atoms with Gasteiger partial charge in [-0.25, -0.2) is 0 Å². The van der Waals surface area contributed by atoms with E-state index in [4.69, 9.17) is 5.73 Å². The average molecular weight is 273 g/mol. The van der Waals surface area contributed by atoms with Crippen molar-refractivity contribution in [2.75, 3.05) is 31.2 Å². The third-order valence-electron chi connectivity index (χ3n) is 3.92. The summed E-state index contributed by atoms with van der Waals surface area (Å²) in [4.78, 5) is 14.5. The molecule has 0 bridgehead atoms. The van der Waals surface area contributed by atoms with Gasteiger partial charge in [0.25, 0.3) is 0 Å². The molecule has 6 nitrogen and oxygen atoms in total. The Bertz CT molecular complexity index is 628. The van der Waals surface area contributed by atoms with E-state index < -0.39 is 0 Å². The lowest BCUT2D eigenvalue weighted by Crippen LogP contribution is -2.36. The van der Waals surface area contributed by atoms with Crippen molar-refractivity contribution in [3.63, 3.8) is 0 Å². The molecule has 2 heterocycles. The normalized spacial score (nSPS) is 17.4. The van der Waals surface area contributed by atoms with Crippen molar-refractivity contribution in [3.05, 3.63) is 18.2 Å². The van der Waals surface area contributed by atoms with Crippen LogP contribution in [0.3, 0.4) is 0 Å². The topological polar surface area (TPSA) is 87.0 Å². The first-order valence-electron chi connectivity index (χ1n) is 6.86. The molecule has 0 radical (unpaired) electrons. The number of nitrogens with one attached hydrogen (secondary N) is 2. The molecule has 20 heavy (non-hydrogen) atoms. The molecule has 1 fully saturated rings. The summed E-state index contributed by atoms with van der Waals surface area (Å²) in [6, 6.07) is 5.50. The van der Waals surface area contributed by atoms with E-state index in [0.29, 0.717) is 11.5 Å². The van der Waals surface area contributed by atoms with Crippen LogP contribution in [0.15, 0.2) is 18.2 Å². The first-order valence-corrected chi connectivity index (χ1v) is 6.86. The fourth-order valence-electron chi connectivity index (χ4n) is 2.62. The van der Waals surface area contributed by atoms with Crippen LogP contribution in [0.4, 0.5) is 11.5 Å². The number of aromatic amines is 1. The largest absolute Gasteiger partial charge is 0.399 e. The summed E-state index contributed by atoms with van der Waals surface area (Å²) in [6.45, 7) is 1.94. The molecule has 0 aliphatic carbocycles. The van der Waals surface area contributed by atoms with Gasteiger partial charge in [-0.1, -0.05) is 0 Å². The number of likely N-dealkylation sites (tertiary alicyclic amines) is 1. The number of benzene rings is 1. The maximum Gasteiger partial charge on any atom is 0.228 e. The number of rotatable bonds is 2. The van der Waals surface area contributed by atoms with Crippen LogP contribution in [0.25, 0.3) is 10.9 Å². The number of fused-ring (bicyclic) bond motifs is 1. The number of hydrogen-bond acceptors (Lipinski definition) is 4. The highest BCUT2D eigenvalue weighted by Gasteiger charge is 2.24. The van der Waals surface area contributed by atoms with E-state index >= 15 is 0 Å². The Morgan fingerprint density at radius 1 is 1.45 bits per heavy atom.